The summed E-state index contributed by atoms with van der Waals surface area (Å²) in [6, 6.07) is 8.72. The van der Waals surface area contributed by atoms with Crippen LogP contribution in [0.15, 0.2) is 36.5 Å². The molecule has 1 aromatic carbocycles. The van der Waals surface area contributed by atoms with Crippen molar-refractivity contribution in [1.29, 1.82) is 0 Å². The molecule has 0 spiro atoms. The van der Waals surface area contributed by atoms with Crippen molar-refractivity contribution in [2.45, 2.75) is 38.8 Å². The molecule has 3 heterocycles. The standard InChI is InChI=1S/C23H28N6O3/c1-15-6-4-9-28(15)22(31)17-13-19-20(25-14-17)29(10-5-11-32-2)23(26-19)27-21(30)16-7-3-8-18(24)12-16/h3,7-8,12-15H,4-6,9-11,24H2,1-2H3,(H,26,27,30). The van der Waals surface area contributed by atoms with E-state index in [-0.39, 0.29) is 17.9 Å². The molecule has 0 bridgehead atoms. The average Bonchev–Trinajstić information content (AvgIpc) is 3.36. The fourth-order valence-corrected chi connectivity index (χ4v) is 4.06. The van der Waals surface area contributed by atoms with Crippen molar-refractivity contribution in [3.63, 3.8) is 0 Å². The van der Waals surface area contributed by atoms with Gasteiger partial charge in [0, 0.05) is 50.3 Å². The lowest BCUT2D eigenvalue weighted by molar-refractivity contribution is 0.0747. The molecule has 168 valence electrons. The number of pyridine rings is 1. The van der Waals surface area contributed by atoms with Gasteiger partial charge in [0.1, 0.15) is 5.52 Å². The molecule has 3 N–H and O–H groups in total. The Morgan fingerprint density at radius 1 is 1.28 bits per heavy atom. The molecule has 2 aromatic heterocycles. The van der Waals surface area contributed by atoms with Gasteiger partial charge in [0.15, 0.2) is 5.65 Å². The number of nitrogen functional groups attached to an aromatic ring is 1. The van der Waals surface area contributed by atoms with E-state index in [1.165, 1.54) is 0 Å². The van der Waals surface area contributed by atoms with Crippen molar-refractivity contribution in [2.24, 2.45) is 0 Å². The van der Waals surface area contributed by atoms with Crippen molar-refractivity contribution < 1.29 is 14.3 Å². The van der Waals surface area contributed by atoms with Crippen molar-refractivity contribution >= 4 is 34.6 Å². The lowest BCUT2D eigenvalue weighted by Gasteiger charge is -2.21. The van der Waals surface area contributed by atoms with Crippen LogP contribution >= 0.6 is 0 Å². The molecule has 1 unspecified atom stereocenters. The Kier molecular flexibility index (Phi) is 6.36. The van der Waals surface area contributed by atoms with E-state index in [0.717, 1.165) is 25.8 Å². The van der Waals surface area contributed by atoms with E-state index in [2.05, 4.69) is 22.2 Å². The van der Waals surface area contributed by atoms with Crippen LogP contribution in [0.2, 0.25) is 0 Å². The zero-order chi connectivity index (χ0) is 22.7. The maximum Gasteiger partial charge on any atom is 0.258 e. The van der Waals surface area contributed by atoms with Gasteiger partial charge in [-0.15, -0.1) is 0 Å². The lowest BCUT2D eigenvalue weighted by atomic mass is 10.2. The molecule has 9 nitrogen and oxygen atoms in total. The zero-order valence-corrected chi connectivity index (χ0v) is 18.4. The normalized spacial score (nSPS) is 15.9. The predicted octanol–water partition coefficient (Wildman–Crippen LogP) is 2.93. The highest BCUT2D eigenvalue weighted by Gasteiger charge is 2.27. The fraction of sp³-hybridized carbons (Fsp3) is 0.391. The third-order valence-corrected chi connectivity index (χ3v) is 5.75. The van der Waals surface area contributed by atoms with Crippen molar-refractivity contribution in [3.05, 3.63) is 47.7 Å². The number of hydrogen-bond acceptors (Lipinski definition) is 6. The molecule has 1 aliphatic rings. The van der Waals surface area contributed by atoms with Crippen LogP contribution in [-0.4, -0.2) is 57.6 Å². The van der Waals surface area contributed by atoms with Crippen molar-refractivity contribution in [1.82, 2.24) is 19.4 Å². The van der Waals surface area contributed by atoms with E-state index >= 15 is 0 Å². The molecule has 0 radical (unpaired) electrons. The van der Waals surface area contributed by atoms with E-state index in [4.69, 9.17) is 10.5 Å². The Labute approximate surface area is 186 Å². The summed E-state index contributed by atoms with van der Waals surface area (Å²) in [5.74, 6) is 0.0154. The second-order valence-corrected chi connectivity index (χ2v) is 8.07. The highest BCUT2D eigenvalue weighted by molar-refractivity contribution is 6.04. The Morgan fingerprint density at radius 3 is 2.84 bits per heavy atom. The summed E-state index contributed by atoms with van der Waals surface area (Å²) in [5, 5.41) is 2.86. The Bertz CT molecular complexity index is 1140. The summed E-state index contributed by atoms with van der Waals surface area (Å²) in [6.45, 7) is 3.93. The number of nitrogens with two attached hydrogens (primary N) is 1. The Balaban J connectivity index is 1.66. The number of methoxy groups -OCH3 is 1. The number of nitrogens with one attached hydrogen (secondary N) is 1. The molecule has 32 heavy (non-hydrogen) atoms. The maximum absolute atomic E-state index is 13.0. The molecule has 1 saturated heterocycles. The number of aromatic nitrogens is 3. The SMILES string of the molecule is COCCCn1c(NC(=O)c2cccc(N)c2)nc2cc(C(=O)N3CCCC3C)cnc21. The molecular weight excluding hydrogens is 408 g/mol. The zero-order valence-electron chi connectivity index (χ0n) is 18.4. The number of carbonyl (C=O) groups excluding carboxylic acids is 2. The fourth-order valence-electron chi connectivity index (χ4n) is 4.06. The summed E-state index contributed by atoms with van der Waals surface area (Å²) in [4.78, 5) is 36.7. The molecule has 1 aliphatic heterocycles. The van der Waals surface area contributed by atoms with E-state index in [0.29, 0.717) is 47.1 Å². The summed E-state index contributed by atoms with van der Waals surface area (Å²) in [6.07, 6.45) is 4.33. The summed E-state index contributed by atoms with van der Waals surface area (Å²) >= 11 is 0. The van der Waals surface area contributed by atoms with Crippen LogP contribution < -0.4 is 11.1 Å². The molecule has 9 heteroatoms. The van der Waals surface area contributed by atoms with E-state index in [9.17, 15) is 9.59 Å². The molecule has 3 aromatic rings. The van der Waals surface area contributed by atoms with E-state index < -0.39 is 0 Å². The number of amides is 2. The monoisotopic (exact) mass is 436 g/mol. The molecule has 1 atom stereocenters. The van der Waals surface area contributed by atoms with Gasteiger partial charge in [-0.05, 0) is 50.5 Å². The van der Waals surface area contributed by atoms with Crippen LogP contribution in [0.3, 0.4) is 0 Å². The van der Waals surface area contributed by atoms with Gasteiger partial charge >= 0.3 is 0 Å². The van der Waals surface area contributed by atoms with Gasteiger partial charge in [0.2, 0.25) is 5.95 Å². The number of aryl methyl sites for hydroxylation is 1. The summed E-state index contributed by atoms with van der Waals surface area (Å²) in [5.41, 5.74) is 8.42. The first-order valence-corrected chi connectivity index (χ1v) is 10.8. The van der Waals surface area contributed by atoms with Crippen LogP contribution in [0.1, 0.15) is 46.9 Å². The van der Waals surface area contributed by atoms with E-state index in [1.54, 1.807) is 43.6 Å². The molecular formula is C23H28N6O3. The first-order valence-electron chi connectivity index (χ1n) is 10.8. The number of fused-ring (bicyclic) bond motifs is 1. The van der Waals surface area contributed by atoms with E-state index in [1.807, 2.05) is 9.47 Å². The maximum atomic E-state index is 13.0. The second kappa shape index (κ2) is 9.35. The number of carbonyl (C=O) groups is 2. The molecule has 0 saturated carbocycles. The Hall–Kier alpha value is -3.46. The second-order valence-electron chi connectivity index (χ2n) is 8.07. The first-order chi connectivity index (χ1) is 15.5. The number of likely N-dealkylation sites (tertiary alicyclic amines) is 1. The molecule has 4 rings (SSSR count). The van der Waals surface area contributed by atoms with Crippen LogP contribution in [0, 0.1) is 0 Å². The summed E-state index contributed by atoms with van der Waals surface area (Å²) < 4.78 is 7.01. The third-order valence-electron chi connectivity index (χ3n) is 5.75. The van der Waals surface area contributed by atoms with Gasteiger partial charge in [0.05, 0.1) is 5.56 Å². The van der Waals surface area contributed by atoms with Crippen molar-refractivity contribution in [3.8, 4) is 0 Å². The highest BCUT2D eigenvalue weighted by atomic mass is 16.5. The van der Waals surface area contributed by atoms with Gasteiger partial charge in [0.25, 0.3) is 11.8 Å². The Morgan fingerprint density at radius 2 is 2.12 bits per heavy atom. The van der Waals surface area contributed by atoms with Crippen LogP contribution in [0.5, 0.6) is 0 Å². The lowest BCUT2D eigenvalue weighted by Crippen LogP contribution is -2.33. The van der Waals surface area contributed by atoms with Crippen LogP contribution in [0.25, 0.3) is 11.2 Å². The number of imidazole rings is 1. The number of anilines is 2. The van der Waals surface area contributed by atoms with Crippen molar-refractivity contribution in [2.75, 3.05) is 31.3 Å². The van der Waals surface area contributed by atoms with Crippen LogP contribution in [-0.2, 0) is 11.3 Å². The number of benzene rings is 1. The topological polar surface area (TPSA) is 115 Å². The largest absolute Gasteiger partial charge is 0.399 e. The number of rotatable bonds is 7. The van der Waals surface area contributed by atoms with Gasteiger partial charge in [-0.2, -0.15) is 0 Å². The molecule has 0 aliphatic carbocycles. The number of hydrogen-bond donors (Lipinski definition) is 2. The molecule has 1 fully saturated rings. The van der Waals surface area contributed by atoms with Crippen LogP contribution in [0.4, 0.5) is 11.6 Å². The highest BCUT2D eigenvalue weighted by Crippen LogP contribution is 2.24. The number of ether oxygens (including phenoxy) is 1. The average molecular weight is 437 g/mol. The van der Waals surface area contributed by atoms with Gasteiger partial charge in [-0.3, -0.25) is 19.5 Å². The number of nitrogens with zero attached hydrogens (tertiary/aromatic N) is 4. The van der Waals surface area contributed by atoms with Gasteiger partial charge < -0.3 is 15.4 Å². The van der Waals surface area contributed by atoms with Gasteiger partial charge in [-0.1, -0.05) is 6.07 Å². The predicted molar refractivity (Wildman–Crippen MR) is 123 cm³/mol. The quantitative estimate of drug-likeness (QED) is 0.435. The summed E-state index contributed by atoms with van der Waals surface area (Å²) in [7, 11) is 1.64. The van der Waals surface area contributed by atoms with Gasteiger partial charge in [-0.25, -0.2) is 9.97 Å². The minimum absolute atomic E-state index is 0.0383. The third kappa shape index (κ3) is 4.43. The smallest absolute Gasteiger partial charge is 0.258 e. The minimum Gasteiger partial charge on any atom is -0.399 e. The first kappa shape index (κ1) is 21.8. The molecule has 2 amide bonds. The minimum atomic E-state index is -0.317.